The molecule has 162 valence electrons. The number of carbonyl (C=O) groups excluding carboxylic acids is 1. The van der Waals surface area contributed by atoms with Crippen molar-refractivity contribution in [3.63, 3.8) is 0 Å². The summed E-state index contributed by atoms with van der Waals surface area (Å²) in [5, 5.41) is 5.89. The highest BCUT2D eigenvalue weighted by Gasteiger charge is 2.14. The number of ether oxygens (including phenoxy) is 2. The Bertz CT molecular complexity index is 1290. The van der Waals surface area contributed by atoms with E-state index >= 15 is 0 Å². The molecule has 0 unspecified atom stereocenters. The number of carbonyl (C=O) groups is 1. The minimum absolute atomic E-state index is 0.173. The molecule has 8 nitrogen and oxygen atoms in total. The lowest BCUT2D eigenvalue weighted by atomic mass is 10.1. The van der Waals surface area contributed by atoms with Gasteiger partial charge in [-0.05, 0) is 73.2 Å². The highest BCUT2D eigenvalue weighted by atomic mass is 32.1. The number of aromatic nitrogens is 2. The molecule has 0 aliphatic heterocycles. The third-order valence-electron chi connectivity index (χ3n) is 4.76. The van der Waals surface area contributed by atoms with E-state index in [1.54, 1.807) is 30.5 Å². The first-order valence-electron chi connectivity index (χ1n) is 9.65. The van der Waals surface area contributed by atoms with Gasteiger partial charge < -0.3 is 19.2 Å². The molecule has 1 amide bonds. The van der Waals surface area contributed by atoms with Crippen LogP contribution in [0.5, 0.6) is 11.5 Å². The van der Waals surface area contributed by atoms with Crippen LogP contribution in [0.4, 0.5) is 5.69 Å². The largest absolute Gasteiger partial charge is 0.493 e. The molecule has 4 aromatic rings. The molecule has 0 fully saturated rings. The van der Waals surface area contributed by atoms with Crippen molar-refractivity contribution in [2.75, 3.05) is 19.5 Å². The highest BCUT2D eigenvalue weighted by molar-refractivity contribution is 7.80. The smallest absolute Gasteiger partial charge is 0.257 e. The predicted octanol–water partition coefficient (Wildman–Crippen LogP) is 4.34. The van der Waals surface area contributed by atoms with Crippen LogP contribution in [-0.4, -0.2) is 35.2 Å². The van der Waals surface area contributed by atoms with Crippen molar-refractivity contribution in [1.82, 2.24) is 15.3 Å². The average molecular weight is 449 g/mol. The maximum Gasteiger partial charge on any atom is 0.257 e. The van der Waals surface area contributed by atoms with Crippen molar-refractivity contribution >= 4 is 40.2 Å². The van der Waals surface area contributed by atoms with Gasteiger partial charge in [-0.25, -0.2) is 4.98 Å². The van der Waals surface area contributed by atoms with E-state index in [0.717, 1.165) is 16.8 Å². The molecule has 0 bridgehead atoms. The van der Waals surface area contributed by atoms with Crippen LogP contribution in [0, 0.1) is 6.92 Å². The first-order valence-corrected chi connectivity index (χ1v) is 10.1. The minimum Gasteiger partial charge on any atom is -0.493 e. The van der Waals surface area contributed by atoms with Crippen molar-refractivity contribution in [2.24, 2.45) is 0 Å². The standard InChI is InChI=1S/C23H20N4O4S/c1-13-11-15(22-26-20-18(31-22)5-4-10-24-20)6-8-16(13)25-23(32)27-21(28)14-7-9-17(29-2)19(12-14)30-3/h4-12H,1-3H3,(H2,25,27,28,32). The number of fused-ring (bicyclic) bond motifs is 1. The molecule has 0 spiro atoms. The molecule has 0 saturated carbocycles. The molecule has 0 saturated heterocycles. The van der Waals surface area contributed by atoms with Crippen LogP contribution in [0.2, 0.25) is 0 Å². The molecule has 2 aromatic carbocycles. The lowest BCUT2D eigenvalue weighted by Crippen LogP contribution is -2.34. The van der Waals surface area contributed by atoms with Gasteiger partial charge in [-0.1, -0.05) is 0 Å². The summed E-state index contributed by atoms with van der Waals surface area (Å²) in [6.45, 7) is 1.92. The topological polar surface area (TPSA) is 98.5 Å². The van der Waals surface area contributed by atoms with E-state index in [9.17, 15) is 4.79 Å². The second-order valence-corrected chi connectivity index (χ2v) is 7.26. The Morgan fingerprint density at radius 2 is 1.88 bits per heavy atom. The van der Waals surface area contributed by atoms with E-state index in [1.165, 1.54) is 14.2 Å². The monoisotopic (exact) mass is 448 g/mol. The van der Waals surface area contributed by atoms with E-state index in [4.69, 9.17) is 26.1 Å². The normalized spacial score (nSPS) is 10.6. The number of anilines is 1. The quantitative estimate of drug-likeness (QED) is 0.435. The number of nitrogens with one attached hydrogen (secondary N) is 2. The molecule has 4 rings (SSSR count). The third-order valence-corrected chi connectivity index (χ3v) is 4.96. The van der Waals surface area contributed by atoms with Gasteiger partial charge in [0.1, 0.15) is 0 Å². The van der Waals surface area contributed by atoms with Crippen LogP contribution in [-0.2, 0) is 0 Å². The Morgan fingerprint density at radius 1 is 1.06 bits per heavy atom. The Kier molecular flexibility index (Phi) is 6.00. The van der Waals surface area contributed by atoms with Crippen molar-refractivity contribution in [3.8, 4) is 23.0 Å². The van der Waals surface area contributed by atoms with Crippen molar-refractivity contribution in [3.05, 3.63) is 65.9 Å². The van der Waals surface area contributed by atoms with Gasteiger partial charge in [-0.2, -0.15) is 4.98 Å². The van der Waals surface area contributed by atoms with Gasteiger partial charge in [0.25, 0.3) is 5.91 Å². The number of rotatable bonds is 5. The van der Waals surface area contributed by atoms with E-state index in [1.807, 2.05) is 31.2 Å². The number of pyridine rings is 1. The molecular formula is C23H20N4O4S. The van der Waals surface area contributed by atoms with Crippen LogP contribution in [0.25, 0.3) is 22.7 Å². The zero-order chi connectivity index (χ0) is 22.7. The molecule has 2 heterocycles. The fraction of sp³-hybridized carbons (Fsp3) is 0.130. The molecule has 0 atom stereocenters. The van der Waals surface area contributed by atoms with Gasteiger partial charge in [-0.15, -0.1) is 0 Å². The van der Waals surface area contributed by atoms with Gasteiger partial charge in [0.2, 0.25) is 5.89 Å². The van der Waals surface area contributed by atoms with Gasteiger partial charge in [-0.3, -0.25) is 10.1 Å². The fourth-order valence-electron chi connectivity index (χ4n) is 3.14. The molecule has 2 N–H and O–H groups in total. The number of oxazole rings is 1. The zero-order valence-electron chi connectivity index (χ0n) is 17.6. The average Bonchev–Trinajstić information content (AvgIpc) is 3.24. The van der Waals surface area contributed by atoms with Crippen LogP contribution < -0.4 is 20.1 Å². The fourth-order valence-corrected chi connectivity index (χ4v) is 3.34. The lowest BCUT2D eigenvalue weighted by Gasteiger charge is -2.13. The molecule has 9 heteroatoms. The van der Waals surface area contributed by atoms with Crippen molar-refractivity contribution in [2.45, 2.75) is 6.92 Å². The number of thiocarbonyl (C=S) groups is 1. The number of methoxy groups -OCH3 is 2. The van der Waals surface area contributed by atoms with E-state index < -0.39 is 0 Å². The number of hydrogen-bond acceptors (Lipinski definition) is 7. The van der Waals surface area contributed by atoms with Gasteiger partial charge in [0.15, 0.2) is 27.8 Å². The molecule has 2 aromatic heterocycles. The predicted molar refractivity (Wildman–Crippen MR) is 125 cm³/mol. The molecule has 0 aliphatic carbocycles. The number of benzene rings is 2. The lowest BCUT2D eigenvalue weighted by molar-refractivity contribution is 0.0977. The Morgan fingerprint density at radius 3 is 2.59 bits per heavy atom. The number of nitrogens with zero attached hydrogens (tertiary/aromatic N) is 2. The Labute approximate surface area is 189 Å². The molecule has 32 heavy (non-hydrogen) atoms. The SMILES string of the molecule is COc1ccc(C(=O)NC(=S)Nc2ccc(-c3nc4ncccc4o3)cc2C)cc1OC. The minimum atomic E-state index is -0.364. The molecule has 0 radical (unpaired) electrons. The van der Waals surface area contributed by atoms with Gasteiger partial charge >= 0.3 is 0 Å². The summed E-state index contributed by atoms with van der Waals surface area (Å²) < 4.78 is 16.2. The van der Waals surface area contributed by atoms with Crippen LogP contribution in [0.3, 0.4) is 0 Å². The summed E-state index contributed by atoms with van der Waals surface area (Å²) in [6, 6.07) is 14.1. The van der Waals surface area contributed by atoms with Crippen LogP contribution in [0.15, 0.2) is 59.1 Å². The van der Waals surface area contributed by atoms with E-state index in [-0.39, 0.29) is 11.0 Å². The molecule has 0 aliphatic rings. The maximum atomic E-state index is 12.6. The second-order valence-electron chi connectivity index (χ2n) is 6.85. The number of aryl methyl sites for hydroxylation is 1. The highest BCUT2D eigenvalue weighted by Crippen LogP contribution is 2.28. The molecular weight excluding hydrogens is 428 g/mol. The summed E-state index contributed by atoms with van der Waals surface area (Å²) in [5.41, 5.74) is 4.04. The first-order chi connectivity index (χ1) is 15.5. The Hall–Kier alpha value is -3.98. The van der Waals surface area contributed by atoms with Crippen molar-refractivity contribution in [1.29, 1.82) is 0 Å². The second kappa shape index (κ2) is 9.03. The number of hydrogen-bond donors (Lipinski definition) is 2. The maximum absolute atomic E-state index is 12.6. The summed E-state index contributed by atoms with van der Waals surface area (Å²) in [4.78, 5) is 21.2. The van der Waals surface area contributed by atoms with E-state index in [0.29, 0.717) is 34.2 Å². The third kappa shape index (κ3) is 4.37. The van der Waals surface area contributed by atoms with Crippen molar-refractivity contribution < 1.29 is 18.7 Å². The van der Waals surface area contributed by atoms with Gasteiger partial charge in [0.05, 0.1) is 14.2 Å². The summed E-state index contributed by atoms with van der Waals surface area (Å²) in [5.74, 6) is 1.12. The van der Waals surface area contributed by atoms with E-state index in [2.05, 4.69) is 20.6 Å². The zero-order valence-corrected chi connectivity index (χ0v) is 18.4. The Balaban J connectivity index is 1.45. The van der Waals surface area contributed by atoms with Crippen LogP contribution >= 0.6 is 12.2 Å². The summed E-state index contributed by atoms with van der Waals surface area (Å²) >= 11 is 5.31. The van der Waals surface area contributed by atoms with Gasteiger partial charge in [0, 0.05) is 23.0 Å². The summed E-state index contributed by atoms with van der Waals surface area (Å²) in [6.07, 6.45) is 1.67. The summed E-state index contributed by atoms with van der Waals surface area (Å²) in [7, 11) is 3.04. The number of amides is 1. The first kappa shape index (κ1) is 21.3. The van der Waals surface area contributed by atoms with Crippen LogP contribution in [0.1, 0.15) is 15.9 Å².